The van der Waals surface area contributed by atoms with Crippen LogP contribution in [0.25, 0.3) is 11.0 Å². The fourth-order valence-corrected chi connectivity index (χ4v) is 2.74. The van der Waals surface area contributed by atoms with E-state index in [0.717, 1.165) is 27.9 Å². The lowest BCUT2D eigenvalue weighted by atomic mass is 10.1. The summed E-state index contributed by atoms with van der Waals surface area (Å²) in [6.45, 7) is 5.88. The molecule has 2 aromatic carbocycles. The van der Waals surface area contributed by atoms with Crippen molar-refractivity contribution in [2.45, 2.75) is 26.8 Å². The second kappa shape index (κ2) is 6.79. The van der Waals surface area contributed by atoms with Crippen LogP contribution in [0.2, 0.25) is 0 Å². The van der Waals surface area contributed by atoms with Crippen LogP contribution < -0.4 is 10.1 Å². The molecular formula is C20H21NO3. The maximum atomic E-state index is 12.1. The van der Waals surface area contributed by atoms with Crippen molar-refractivity contribution in [1.29, 1.82) is 0 Å². The molecule has 0 aliphatic heterocycles. The van der Waals surface area contributed by atoms with E-state index < -0.39 is 0 Å². The lowest BCUT2D eigenvalue weighted by Crippen LogP contribution is -2.31. The van der Waals surface area contributed by atoms with Crippen LogP contribution in [0.4, 0.5) is 0 Å². The van der Waals surface area contributed by atoms with Gasteiger partial charge in [-0.05, 0) is 56.2 Å². The number of hydrogen-bond acceptors (Lipinski definition) is 3. The maximum Gasteiger partial charge on any atom is 0.258 e. The summed E-state index contributed by atoms with van der Waals surface area (Å²) < 4.78 is 11.4. The molecular weight excluding hydrogens is 302 g/mol. The largest absolute Gasteiger partial charge is 0.484 e. The minimum absolute atomic E-state index is 0.0204. The molecule has 0 spiro atoms. The Hall–Kier alpha value is -2.75. The maximum absolute atomic E-state index is 12.1. The van der Waals surface area contributed by atoms with E-state index in [2.05, 4.69) is 11.4 Å². The Morgan fingerprint density at radius 1 is 1.12 bits per heavy atom. The molecule has 0 bridgehead atoms. The average Bonchev–Trinajstić information content (AvgIpc) is 2.96. The molecule has 4 heteroatoms. The number of hydrogen-bond donors (Lipinski definition) is 1. The van der Waals surface area contributed by atoms with E-state index in [1.807, 2.05) is 63.2 Å². The fourth-order valence-electron chi connectivity index (χ4n) is 2.74. The number of carbonyl (C=O) groups is 1. The Morgan fingerprint density at radius 3 is 2.54 bits per heavy atom. The molecule has 4 nitrogen and oxygen atoms in total. The van der Waals surface area contributed by atoms with E-state index in [4.69, 9.17) is 9.15 Å². The molecule has 0 aliphatic rings. The first-order valence-electron chi connectivity index (χ1n) is 8.00. The molecule has 0 saturated heterocycles. The molecule has 1 atom stereocenters. The Kier molecular flexibility index (Phi) is 4.56. The zero-order chi connectivity index (χ0) is 17.1. The van der Waals surface area contributed by atoms with E-state index >= 15 is 0 Å². The lowest BCUT2D eigenvalue weighted by molar-refractivity contribution is -0.123. The molecule has 1 amide bonds. The van der Waals surface area contributed by atoms with Gasteiger partial charge in [-0.3, -0.25) is 4.79 Å². The zero-order valence-electron chi connectivity index (χ0n) is 14.1. The van der Waals surface area contributed by atoms with Gasteiger partial charge in [-0.2, -0.15) is 0 Å². The highest BCUT2D eigenvalue weighted by Crippen LogP contribution is 2.23. The van der Waals surface area contributed by atoms with Gasteiger partial charge >= 0.3 is 0 Å². The van der Waals surface area contributed by atoms with Gasteiger partial charge in [-0.25, -0.2) is 0 Å². The Balaban J connectivity index is 1.59. The van der Waals surface area contributed by atoms with Crippen LogP contribution in [-0.4, -0.2) is 12.5 Å². The summed E-state index contributed by atoms with van der Waals surface area (Å²) in [5.41, 5.74) is 3.04. The van der Waals surface area contributed by atoms with Gasteiger partial charge in [-0.15, -0.1) is 0 Å². The van der Waals surface area contributed by atoms with Crippen LogP contribution >= 0.6 is 0 Å². The van der Waals surface area contributed by atoms with Crippen molar-refractivity contribution in [3.05, 3.63) is 65.4 Å². The van der Waals surface area contributed by atoms with Crippen molar-refractivity contribution in [2.75, 3.05) is 6.61 Å². The van der Waals surface area contributed by atoms with Crippen LogP contribution in [-0.2, 0) is 4.79 Å². The number of fused-ring (bicyclic) bond motifs is 1. The lowest BCUT2D eigenvalue weighted by Gasteiger charge is -2.12. The van der Waals surface area contributed by atoms with E-state index in [-0.39, 0.29) is 18.6 Å². The molecule has 1 aromatic heterocycles. The number of nitrogens with one attached hydrogen (secondary N) is 1. The average molecular weight is 323 g/mol. The Morgan fingerprint density at radius 2 is 1.83 bits per heavy atom. The minimum atomic E-state index is -0.215. The second-order valence-electron chi connectivity index (χ2n) is 6.09. The summed E-state index contributed by atoms with van der Waals surface area (Å²) in [7, 11) is 0. The number of carbonyl (C=O) groups excluding carboxylic acids is 1. The van der Waals surface area contributed by atoms with Gasteiger partial charge in [0.15, 0.2) is 6.61 Å². The number of benzene rings is 2. The molecule has 0 saturated carbocycles. The van der Waals surface area contributed by atoms with Crippen LogP contribution in [0.5, 0.6) is 5.75 Å². The molecule has 0 unspecified atom stereocenters. The van der Waals surface area contributed by atoms with Crippen molar-refractivity contribution in [2.24, 2.45) is 0 Å². The third-order valence-electron chi connectivity index (χ3n) is 3.81. The van der Waals surface area contributed by atoms with E-state index in [1.54, 1.807) is 0 Å². The zero-order valence-corrected chi connectivity index (χ0v) is 14.1. The van der Waals surface area contributed by atoms with Crippen LogP contribution in [0.15, 0.2) is 52.9 Å². The number of rotatable bonds is 5. The highest BCUT2D eigenvalue weighted by atomic mass is 16.5. The number of para-hydroxylation sites is 1. The molecule has 24 heavy (non-hydrogen) atoms. The summed E-state index contributed by atoms with van der Waals surface area (Å²) in [5, 5.41) is 3.93. The van der Waals surface area contributed by atoms with Gasteiger partial charge in [0.25, 0.3) is 5.91 Å². The van der Waals surface area contributed by atoms with Gasteiger partial charge in [0.2, 0.25) is 0 Å². The third-order valence-corrected chi connectivity index (χ3v) is 3.81. The van der Waals surface area contributed by atoms with Crippen molar-refractivity contribution < 1.29 is 13.9 Å². The Bertz CT molecular complexity index is 813. The number of furan rings is 1. The van der Waals surface area contributed by atoms with Crippen LogP contribution in [0, 0.1) is 13.8 Å². The van der Waals surface area contributed by atoms with E-state index in [0.29, 0.717) is 5.75 Å². The number of ether oxygens (including phenoxy) is 1. The molecule has 3 aromatic rings. The third kappa shape index (κ3) is 3.77. The van der Waals surface area contributed by atoms with Gasteiger partial charge < -0.3 is 14.5 Å². The first kappa shape index (κ1) is 16.1. The Labute approximate surface area is 141 Å². The highest BCUT2D eigenvalue weighted by molar-refractivity contribution is 5.79. The van der Waals surface area contributed by atoms with E-state index in [9.17, 15) is 4.79 Å². The van der Waals surface area contributed by atoms with Crippen molar-refractivity contribution in [3.63, 3.8) is 0 Å². The van der Waals surface area contributed by atoms with Crippen LogP contribution in [0.3, 0.4) is 0 Å². The number of amides is 1. The predicted molar refractivity (Wildman–Crippen MR) is 94.2 cm³/mol. The summed E-state index contributed by atoms with van der Waals surface area (Å²) >= 11 is 0. The molecule has 124 valence electrons. The van der Waals surface area contributed by atoms with Crippen molar-refractivity contribution in [1.82, 2.24) is 5.32 Å². The molecule has 1 N–H and O–H groups in total. The van der Waals surface area contributed by atoms with Gasteiger partial charge in [0.1, 0.15) is 17.1 Å². The predicted octanol–water partition coefficient (Wildman–Crippen LogP) is 4.31. The summed E-state index contributed by atoms with van der Waals surface area (Å²) in [5.74, 6) is 1.26. The highest BCUT2D eigenvalue weighted by Gasteiger charge is 2.14. The summed E-state index contributed by atoms with van der Waals surface area (Å²) in [6.07, 6.45) is 0. The molecule has 3 rings (SSSR count). The molecule has 0 fully saturated rings. The fraction of sp³-hybridized carbons (Fsp3) is 0.250. The van der Waals surface area contributed by atoms with Gasteiger partial charge in [0.05, 0.1) is 6.04 Å². The monoisotopic (exact) mass is 323 g/mol. The quantitative estimate of drug-likeness (QED) is 0.761. The molecule has 0 radical (unpaired) electrons. The summed E-state index contributed by atoms with van der Waals surface area (Å²) in [4.78, 5) is 12.1. The normalized spacial score (nSPS) is 12.1. The second-order valence-corrected chi connectivity index (χ2v) is 6.09. The number of aryl methyl sites for hydroxylation is 2. The van der Waals surface area contributed by atoms with E-state index in [1.165, 1.54) is 0 Å². The van der Waals surface area contributed by atoms with Crippen molar-refractivity contribution in [3.8, 4) is 5.75 Å². The topological polar surface area (TPSA) is 51.5 Å². The van der Waals surface area contributed by atoms with Crippen LogP contribution in [0.1, 0.15) is 29.9 Å². The summed E-state index contributed by atoms with van der Waals surface area (Å²) in [6, 6.07) is 15.4. The van der Waals surface area contributed by atoms with Gasteiger partial charge in [0, 0.05) is 5.39 Å². The molecule has 0 aliphatic carbocycles. The first-order chi connectivity index (χ1) is 11.5. The van der Waals surface area contributed by atoms with Gasteiger partial charge in [-0.1, -0.05) is 24.3 Å². The standard InChI is InChI=1S/C20H21NO3/c1-13-8-14(2)10-17(9-13)23-12-20(22)21-15(3)19-11-16-6-4-5-7-18(16)24-19/h4-11,15H,12H2,1-3H3,(H,21,22)/t15-/m1/s1. The molecule has 1 heterocycles. The first-order valence-corrected chi connectivity index (χ1v) is 8.00. The SMILES string of the molecule is Cc1cc(C)cc(OCC(=O)N[C@H](C)c2cc3ccccc3o2)c1. The van der Waals surface area contributed by atoms with Crippen molar-refractivity contribution >= 4 is 16.9 Å². The minimum Gasteiger partial charge on any atom is -0.484 e. The smallest absolute Gasteiger partial charge is 0.258 e.